The van der Waals surface area contributed by atoms with Gasteiger partial charge in [0.25, 0.3) is 5.91 Å². The van der Waals surface area contributed by atoms with Crippen LogP contribution in [0.4, 0.5) is 0 Å². The molecule has 7 nitrogen and oxygen atoms in total. The molecule has 1 fully saturated rings. The van der Waals surface area contributed by atoms with Gasteiger partial charge < -0.3 is 24.7 Å². The van der Waals surface area contributed by atoms with Crippen LogP contribution in [-0.4, -0.2) is 49.9 Å². The molecule has 2 atom stereocenters. The average Bonchev–Trinajstić information content (AvgIpc) is 3.32. The van der Waals surface area contributed by atoms with Crippen LogP contribution in [0.2, 0.25) is 0 Å². The van der Waals surface area contributed by atoms with Gasteiger partial charge in [-0.15, -0.1) is 0 Å². The largest absolute Gasteiger partial charge is 0.486 e. The van der Waals surface area contributed by atoms with Crippen molar-refractivity contribution in [3.05, 3.63) is 65.4 Å². The van der Waals surface area contributed by atoms with E-state index in [1.54, 1.807) is 6.92 Å². The van der Waals surface area contributed by atoms with Gasteiger partial charge in [0.05, 0.1) is 5.56 Å². The number of nitrogens with one attached hydrogen (secondary N) is 2. The van der Waals surface area contributed by atoms with Crippen molar-refractivity contribution < 1.29 is 18.7 Å². The normalized spacial score (nSPS) is 16.9. The summed E-state index contributed by atoms with van der Waals surface area (Å²) in [6.45, 7) is 3.21. The molecule has 2 N–H and O–H groups in total. The summed E-state index contributed by atoms with van der Waals surface area (Å²) in [7, 11) is 4.08. The third-order valence-electron chi connectivity index (χ3n) is 5.70. The molecule has 2 aromatic carbocycles. The summed E-state index contributed by atoms with van der Waals surface area (Å²) in [5.74, 6) is 0.714. The van der Waals surface area contributed by atoms with Gasteiger partial charge in [-0.1, -0.05) is 30.3 Å². The Kier molecular flexibility index (Phi) is 6.46. The lowest BCUT2D eigenvalue weighted by atomic mass is 10.1. The van der Waals surface area contributed by atoms with E-state index in [0.717, 1.165) is 18.5 Å². The minimum atomic E-state index is -0.514. The maximum absolute atomic E-state index is 13.0. The maximum atomic E-state index is 13.0. The zero-order valence-corrected chi connectivity index (χ0v) is 18.7. The Morgan fingerprint density at radius 3 is 2.72 bits per heavy atom. The molecule has 7 heteroatoms. The first-order valence-corrected chi connectivity index (χ1v) is 10.9. The zero-order valence-electron chi connectivity index (χ0n) is 18.7. The third-order valence-corrected chi connectivity index (χ3v) is 5.70. The fourth-order valence-corrected chi connectivity index (χ4v) is 4.02. The summed E-state index contributed by atoms with van der Waals surface area (Å²) in [6, 6.07) is 15.1. The van der Waals surface area contributed by atoms with Crippen molar-refractivity contribution in [2.45, 2.75) is 31.9 Å². The summed E-state index contributed by atoms with van der Waals surface area (Å²) in [6.07, 6.45) is 1.28. The van der Waals surface area contributed by atoms with E-state index < -0.39 is 6.04 Å². The molecule has 0 bridgehead atoms. The van der Waals surface area contributed by atoms with Crippen LogP contribution in [0, 0.1) is 6.92 Å². The number of hydrogen-bond donors (Lipinski definition) is 2. The highest BCUT2D eigenvalue weighted by Crippen LogP contribution is 2.32. The van der Waals surface area contributed by atoms with E-state index in [4.69, 9.17) is 9.15 Å². The second kappa shape index (κ2) is 9.44. The van der Waals surface area contributed by atoms with Crippen LogP contribution < -0.4 is 15.4 Å². The highest BCUT2D eigenvalue weighted by molar-refractivity contribution is 6.08. The second-order valence-corrected chi connectivity index (χ2v) is 8.41. The molecule has 2 heterocycles. The standard InChI is InChI=1S/C25H29N3O4/c1-16-23(25(30)27-20-11-13-26-24(20)29)19-15-18(9-10-22(19)31-16)32-21(12-14-28(2)3)17-7-5-4-6-8-17/h4-10,15,20-21H,11-14H2,1-3H3,(H,26,29)(H,27,30). The van der Waals surface area contributed by atoms with Crippen molar-refractivity contribution in [1.29, 1.82) is 0 Å². The summed E-state index contributed by atoms with van der Waals surface area (Å²) in [5.41, 5.74) is 2.15. The van der Waals surface area contributed by atoms with Gasteiger partial charge in [0, 0.05) is 24.9 Å². The molecular formula is C25H29N3O4. The molecule has 168 valence electrons. The predicted octanol–water partition coefficient (Wildman–Crippen LogP) is 3.43. The number of amides is 2. The van der Waals surface area contributed by atoms with Gasteiger partial charge in [0.2, 0.25) is 5.91 Å². The molecule has 0 radical (unpaired) electrons. The van der Waals surface area contributed by atoms with Crippen LogP contribution in [0.25, 0.3) is 11.0 Å². The van der Waals surface area contributed by atoms with Crippen LogP contribution in [0.5, 0.6) is 5.75 Å². The number of rotatable bonds is 8. The number of carbonyl (C=O) groups is 2. The molecule has 1 aliphatic heterocycles. The monoisotopic (exact) mass is 435 g/mol. The first kappa shape index (κ1) is 21.9. The highest BCUT2D eigenvalue weighted by atomic mass is 16.5. The molecule has 3 aromatic rings. The van der Waals surface area contributed by atoms with Gasteiger partial charge in [-0.2, -0.15) is 0 Å². The Bertz CT molecular complexity index is 1110. The van der Waals surface area contributed by atoms with E-state index in [1.807, 2.05) is 50.5 Å². The smallest absolute Gasteiger partial charge is 0.256 e. The molecule has 2 unspecified atom stereocenters. The molecule has 0 spiro atoms. The van der Waals surface area contributed by atoms with Gasteiger partial charge in [0.15, 0.2) is 0 Å². The lowest BCUT2D eigenvalue weighted by Crippen LogP contribution is -2.40. The van der Waals surface area contributed by atoms with Crippen LogP contribution in [0.1, 0.15) is 40.6 Å². The number of carbonyl (C=O) groups excluding carboxylic acids is 2. The van der Waals surface area contributed by atoms with Crippen molar-refractivity contribution in [2.24, 2.45) is 0 Å². The summed E-state index contributed by atoms with van der Waals surface area (Å²) < 4.78 is 12.2. The van der Waals surface area contributed by atoms with Crippen molar-refractivity contribution in [3.8, 4) is 5.75 Å². The number of fused-ring (bicyclic) bond motifs is 1. The van der Waals surface area contributed by atoms with E-state index in [0.29, 0.717) is 41.0 Å². The number of ether oxygens (including phenoxy) is 1. The molecule has 0 saturated carbocycles. The molecule has 32 heavy (non-hydrogen) atoms. The summed E-state index contributed by atoms with van der Waals surface area (Å²) in [5, 5.41) is 6.24. The fourth-order valence-electron chi connectivity index (χ4n) is 4.02. The van der Waals surface area contributed by atoms with E-state index >= 15 is 0 Å². The predicted molar refractivity (Wildman–Crippen MR) is 123 cm³/mol. The van der Waals surface area contributed by atoms with Crippen LogP contribution in [0.15, 0.2) is 52.9 Å². The molecule has 1 aromatic heterocycles. The number of furan rings is 1. The van der Waals surface area contributed by atoms with E-state index in [2.05, 4.69) is 27.7 Å². The number of benzene rings is 2. The van der Waals surface area contributed by atoms with Crippen LogP contribution >= 0.6 is 0 Å². The van der Waals surface area contributed by atoms with E-state index in [1.165, 1.54) is 0 Å². The number of hydrogen-bond acceptors (Lipinski definition) is 5. The van der Waals surface area contributed by atoms with Gasteiger partial charge in [0.1, 0.15) is 29.2 Å². The maximum Gasteiger partial charge on any atom is 0.256 e. The summed E-state index contributed by atoms with van der Waals surface area (Å²) in [4.78, 5) is 27.0. The fraction of sp³-hybridized carbons (Fsp3) is 0.360. The van der Waals surface area contributed by atoms with Gasteiger partial charge in [-0.3, -0.25) is 9.59 Å². The van der Waals surface area contributed by atoms with Crippen molar-refractivity contribution >= 4 is 22.8 Å². The second-order valence-electron chi connectivity index (χ2n) is 8.41. The number of nitrogens with zero attached hydrogens (tertiary/aromatic N) is 1. The first-order chi connectivity index (χ1) is 15.4. The summed E-state index contributed by atoms with van der Waals surface area (Å²) >= 11 is 0. The molecular weight excluding hydrogens is 406 g/mol. The van der Waals surface area contributed by atoms with Gasteiger partial charge in [-0.25, -0.2) is 0 Å². The zero-order chi connectivity index (χ0) is 22.7. The Balaban J connectivity index is 1.61. The van der Waals surface area contributed by atoms with Crippen LogP contribution in [-0.2, 0) is 4.79 Å². The Labute approximate surface area is 187 Å². The SMILES string of the molecule is Cc1oc2ccc(OC(CCN(C)C)c3ccccc3)cc2c1C(=O)NC1CCNC1=O. The topological polar surface area (TPSA) is 83.8 Å². The molecule has 0 aliphatic carbocycles. The third kappa shape index (κ3) is 4.78. The molecule has 4 rings (SSSR count). The Morgan fingerprint density at radius 2 is 2.03 bits per heavy atom. The molecule has 1 aliphatic rings. The Hall–Kier alpha value is -3.32. The van der Waals surface area contributed by atoms with Gasteiger partial charge >= 0.3 is 0 Å². The highest BCUT2D eigenvalue weighted by Gasteiger charge is 2.28. The number of aryl methyl sites for hydroxylation is 1. The Morgan fingerprint density at radius 1 is 1.25 bits per heavy atom. The lowest BCUT2D eigenvalue weighted by Gasteiger charge is -2.21. The van der Waals surface area contributed by atoms with Crippen LogP contribution in [0.3, 0.4) is 0 Å². The molecule has 2 amide bonds. The molecule has 1 saturated heterocycles. The van der Waals surface area contributed by atoms with Crippen molar-refractivity contribution in [2.75, 3.05) is 27.2 Å². The minimum Gasteiger partial charge on any atom is -0.486 e. The first-order valence-electron chi connectivity index (χ1n) is 10.9. The van der Waals surface area contributed by atoms with Gasteiger partial charge in [-0.05, 0) is 51.2 Å². The quantitative estimate of drug-likeness (QED) is 0.566. The average molecular weight is 436 g/mol. The van der Waals surface area contributed by atoms with E-state index in [-0.39, 0.29) is 17.9 Å². The minimum absolute atomic E-state index is 0.122. The lowest BCUT2D eigenvalue weighted by molar-refractivity contribution is -0.120. The van der Waals surface area contributed by atoms with Crippen molar-refractivity contribution in [1.82, 2.24) is 15.5 Å². The van der Waals surface area contributed by atoms with Crippen molar-refractivity contribution in [3.63, 3.8) is 0 Å². The van der Waals surface area contributed by atoms with E-state index in [9.17, 15) is 9.59 Å².